The molecule has 3 atom stereocenters. The van der Waals surface area contributed by atoms with Crippen LogP contribution in [0.15, 0.2) is 72.8 Å². The van der Waals surface area contributed by atoms with Gasteiger partial charge >= 0.3 is 0 Å². The number of nitrogens with zero attached hydrogens (tertiary/aromatic N) is 2. The summed E-state index contributed by atoms with van der Waals surface area (Å²) in [6, 6.07) is 24.3. The fourth-order valence-electron chi connectivity index (χ4n) is 7.10. The number of fused-ring (bicyclic) bond motifs is 9. The summed E-state index contributed by atoms with van der Waals surface area (Å²) in [6.45, 7) is 7.44. The summed E-state index contributed by atoms with van der Waals surface area (Å²) < 4.78 is 6.87. The Hall–Kier alpha value is -3.99. The summed E-state index contributed by atoms with van der Waals surface area (Å²) in [5, 5.41) is 5.24. The monoisotopic (exact) mass is 529 g/mol. The minimum Gasteiger partial charge on any atom is -0.487 e. The first-order valence-electron chi connectivity index (χ1n) is 14.6. The van der Waals surface area contributed by atoms with Crippen LogP contribution in [0.5, 0.6) is 5.75 Å². The van der Waals surface area contributed by atoms with Gasteiger partial charge in [-0.05, 0) is 68.7 Å². The Morgan fingerprint density at radius 1 is 0.925 bits per heavy atom. The number of carbonyl (C=O) groups is 1. The van der Waals surface area contributed by atoms with E-state index in [-0.39, 0.29) is 11.5 Å². The molecule has 40 heavy (non-hydrogen) atoms. The maximum Gasteiger partial charge on any atom is 0.251 e. The van der Waals surface area contributed by atoms with E-state index in [0.717, 1.165) is 57.9 Å². The van der Waals surface area contributed by atoms with Crippen LogP contribution in [0.2, 0.25) is 0 Å². The average molecular weight is 530 g/mol. The first-order valence-corrected chi connectivity index (χ1v) is 14.6. The SMILES string of the molecule is C[C@H]1CC[C@H]2[C@H](C1)c1c(c3ccccc3c3nc4ccc(C(=O)NCCc5ccccc5)cc4nc13)OC2(C)C. The van der Waals surface area contributed by atoms with Gasteiger partial charge in [0.1, 0.15) is 11.4 Å². The number of amides is 1. The van der Waals surface area contributed by atoms with E-state index in [1.165, 1.54) is 17.5 Å². The number of carbonyl (C=O) groups excluding carboxylic acids is 1. The van der Waals surface area contributed by atoms with Gasteiger partial charge in [0, 0.05) is 34.4 Å². The lowest BCUT2D eigenvalue weighted by molar-refractivity contribution is -0.0115. The summed E-state index contributed by atoms with van der Waals surface area (Å²) in [7, 11) is 0. The molecule has 1 aliphatic carbocycles. The smallest absolute Gasteiger partial charge is 0.251 e. The molecule has 0 bridgehead atoms. The Kier molecular flexibility index (Phi) is 5.99. The third-order valence-corrected chi connectivity index (χ3v) is 9.14. The van der Waals surface area contributed by atoms with Crippen LogP contribution in [-0.2, 0) is 6.42 Å². The van der Waals surface area contributed by atoms with Gasteiger partial charge in [0.05, 0.1) is 22.1 Å². The van der Waals surface area contributed by atoms with Crippen LogP contribution < -0.4 is 10.1 Å². The Balaban J connectivity index is 1.34. The first kappa shape index (κ1) is 25.0. The Labute approximate surface area is 235 Å². The second-order valence-electron chi connectivity index (χ2n) is 12.2. The molecule has 202 valence electrons. The highest BCUT2D eigenvalue weighted by atomic mass is 16.5. The second kappa shape index (κ2) is 9.58. The molecule has 0 spiro atoms. The van der Waals surface area contributed by atoms with Gasteiger partial charge in [-0.25, -0.2) is 9.97 Å². The third kappa shape index (κ3) is 4.19. The van der Waals surface area contributed by atoms with Crippen molar-refractivity contribution in [2.45, 2.75) is 58.0 Å². The van der Waals surface area contributed by atoms with Crippen molar-refractivity contribution in [1.82, 2.24) is 15.3 Å². The Morgan fingerprint density at radius 2 is 1.68 bits per heavy atom. The molecule has 5 heteroatoms. The highest BCUT2D eigenvalue weighted by molar-refractivity contribution is 6.11. The number of nitrogens with one attached hydrogen (secondary N) is 1. The summed E-state index contributed by atoms with van der Waals surface area (Å²) in [5.41, 5.74) is 6.14. The Bertz CT molecular complexity index is 1760. The van der Waals surface area contributed by atoms with E-state index >= 15 is 0 Å². The number of aromatic nitrogens is 2. The highest BCUT2D eigenvalue weighted by Crippen LogP contribution is 2.56. The van der Waals surface area contributed by atoms with Crippen molar-refractivity contribution >= 4 is 38.7 Å². The molecule has 1 aromatic heterocycles. The third-order valence-electron chi connectivity index (χ3n) is 9.14. The zero-order valence-electron chi connectivity index (χ0n) is 23.4. The van der Waals surface area contributed by atoms with E-state index in [0.29, 0.717) is 29.9 Å². The summed E-state index contributed by atoms with van der Waals surface area (Å²) in [6.07, 6.45) is 4.30. The van der Waals surface area contributed by atoms with E-state index in [9.17, 15) is 4.79 Å². The summed E-state index contributed by atoms with van der Waals surface area (Å²) in [4.78, 5) is 23.5. The van der Waals surface area contributed by atoms with E-state index in [2.05, 4.69) is 62.5 Å². The van der Waals surface area contributed by atoms with Crippen LogP contribution in [0.3, 0.4) is 0 Å². The molecule has 1 amide bonds. The van der Waals surface area contributed by atoms with Gasteiger partial charge < -0.3 is 10.1 Å². The van der Waals surface area contributed by atoms with Crippen molar-refractivity contribution in [2.24, 2.45) is 11.8 Å². The number of hydrogen-bond donors (Lipinski definition) is 1. The average Bonchev–Trinajstić information content (AvgIpc) is 2.96. The van der Waals surface area contributed by atoms with Crippen LogP contribution in [0.25, 0.3) is 32.8 Å². The van der Waals surface area contributed by atoms with Crippen molar-refractivity contribution in [2.75, 3.05) is 6.54 Å². The molecule has 2 heterocycles. The molecule has 2 aliphatic rings. The first-order chi connectivity index (χ1) is 19.4. The lowest BCUT2D eigenvalue weighted by Gasteiger charge is -2.49. The maximum absolute atomic E-state index is 13.1. The molecule has 1 saturated carbocycles. The molecule has 0 unspecified atom stereocenters. The molecular weight excluding hydrogens is 494 g/mol. The van der Waals surface area contributed by atoms with Crippen LogP contribution in [0, 0.1) is 11.8 Å². The van der Waals surface area contributed by atoms with Crippen LogP contribution in [0.4, 0.5) is 0 Å². The topological polar surface area (TPSA) is 64.1 Å². The lowest BCUT2D eigenvalue weighted by Crippen LogP contribution is -2.46. The van der Waals surface area contributed by atoms with Crippen LogP contribution >= 0.6 is 0 Å². The molecule has 1 N–H and O–H groups in total. The second-order valence-corrected chi connectivity index (χ2v) is 12.2. The highest BCUT2D eigenvalue weighted by Gasteiger charge is 2.47. The maximum atomic E-state index is 13.1. The quantitative estimate of drug-likeness (QED) is 0.192. The minimum atomic E-state index is -0.246. The number of ether oxygens (including phenoxy) is 1. The van der Waals surface area contributed by atoms with Crippen molar-refractivity contribution in [3.8, 4) is 5.75 Å². The van der Waals surface area contributed by atoms with E-state index in [1.807, 2.05) is 36.4 Å². The van der Waals surface area contributed by atoms with Gasteiger partial charge in [0.25, 0.3) is 5.91 Å². The molecule has 5 aromatic rings. The normalized spacial score (nSPS) is 21.5. The largest absolute Gasteiger partial charge is 0.487 e. The lowest BCUT2D eigenvalue weighted by atomic mass is 9.64. The van der Waals surface area contributed by atoms with Crippen molar-refractivity contribution in [1.29, 1.82) is 0 Å². The van der Waals surface area contributed by atoms with E-state index in [4.69, 9.17) is 14.7 Å². The van der Waals surface area contributed by atoms with E-state index < -0.39 is 0 Å². The van der Waals surface area contributed by atoms with Gasteiger partial charge in [0.2, 0.25) is 0 Å². The number of benzene rings is 4. The molecule has 1 aliphatic heterocycles. The molecule has 0 saturated heterocycles. The standard InChI is InChI=1S/C35H35N3O2/c1-21-13-15-27-26(19-21)30-32-31(24-11-7-8-12-25(24)33(30)40-35(27,2)3)37-28-16-14-23(20-29(28)38-32)34(39)36-18-17-22-9-5-4-6-10-22/h4-12,14,16,20-21,26-27H,13,15,17-19H2,1-3H3,(H,36,39)/t21-,26-,27-/m0/s1. The van der Waals surface area contributed by atoms with Gasteiger partial charge in [0.15, 0.2) is 0 Å². The van der Waals surface area contributed by atoms with Gasteiger partial charge in [-0.1, -0.05) is 67.9 Å². The zero-order chi connectivity index (χ0) is 27.4. The van der Waals surface area contributed by atoms with Gasteiger partial charge in [-0.2, -0.15) is 0 Å². The fourth-order valence-corrected chi connectivity index (χ4v) is 7.10. The van der Waals surface area contributed by atoms with E-state index in [1.54, 1.807) is 0 Å². The number of hydrogen-bond acceptors (Lipinski definition) is 4. The Morgan fingerprint density at radius 3 is 2.50 bits per heavy atom. The van der Waals surface area contributed by atoms with Gasteiger partial charge in [-0.3, -0.25) is 4.79 Å². The molecule has 7 rings (SSSR count). The van der Waals surface area contributed by atoms with Crippen molar-refractivity contribution < 1.29 is 9.53 Å². The fraction of sp³-hybridized carbons (Fsp3) is 0.343. The number of rotatable bonds is 4. The molecule has 0 radical (unpaired) electrons. The molecule has 5 nitrogen and oxygen atoms in total. The van der Waals surface area contributed by atoms with Crippen molar-refractivity contribution in [3.63, 3.8) is 0 Å². The zero-order valence-corrected chi connectivity index (χ0v) is 23.4. The predicted octanol–water partition coefficient (Wildman–Crippen LogP) is 7.60. The predicted molar refractivity (Wildman–Crippen MR) is 161 cm³/mol. The van der Waals surface area contributed by atoms with Crippen molar-refractivity contribution in [3.05, 3.63) is 89.5 Å². The minimum absolute atomic E-state index is 0.0912. The molecular formula is C35H35N3O2. The van der Waals surface area contributed by atoms with Crippen LogP contribution in [-0.4, -0.2) is 28.0 Å². The van der Waals surface area contributed by atoms with Gasteiger partial charge in [-0.15, -0.1) is 0 Å². The molecule has 4 aromatic carbocycles. The summed E-state index contributed by atoms with van der Waals surface area (Å²) >= 11 is 0. The molecule has 1 fully saturated rings. The van der Waals surface area contributed by atoms with Crippen LogP contribution in [0.1, 0.15) is 67.4 Å². The summed E-state index contributed by atoms with van der Waals surface area (Å²) in [5.74, 6) is 2.33.